The van der Waals surface area contributed by atoms with E-state index in [9.17, 15) is 17.6 Å². The summed E-state index contributed by atoms with van der Waals surface area (Å²) in [5.41, 5.74) is 1.47. The molecule has 146 valence electrons. The molecule has 3 aromatic rings. The Hall–Kier alpha value is -2.32. The van der Waals surface area contributed by atoms with Gasteiger partial charge in [-0.3, -0.25) is 4.79 Å². The van der Waals surface area contributed by atoms with Crippen LogP contribution < -0.4 is 0 Å². The summed E-state index contributed by atoms with van der Waals surface area (Å²) in [5, 5.41) is 0.389. The largest absolute Gasteiger partial charge is 0.339 e. The van der Waals surface area contributed by atoms with E-state index >= 15 is 0 Å². The normalized spacial score (nSPS) is 15.9. The number of sulfone groups is 1. The van der Waals surface area contributed by atoms with Crippen molar-refractivity contribution < 1.29 is 17.6 Å². The fourth-order valence-corrected chi connectivity index (χ4v) is 6.14. The lowest BCUT2D eigenvalue weighted by Gasteiger charge is -2.31. The number of aryl methyl sites for hydroxylation is 1. The first kappa shape index (κ1) is 19.0. The highest BCUT2D eigenvalue weighted by Crippen LogP contribution is 2.27. The van der Waals surface area contributed by atoms with Crippen LogP contribution in [0.1, 0.15) is 28.2 Å². The highest BCUT2D eigenvalue weighted by molar-refractivity contribution is 7.92. The van der Waals surface area contributed by atoms with Gasteiger partial charge in [-0.25, -0.2) is 17.8 Å². The first-order chi connectivity index (χ1) is 13.3. The molecule has 1 fully saturated rings. The Kier molecular flexibility index (Phi) is 4.93. The summed E-state index contributed by atoms with van der Waals surface area (Å²) >= 11 is 1.54. The van der Waals surface area contributed by atoms with E-state index in [-0.39, 0.29) is 10.8 Å². The molecule has 0 aliphatic carbocycles. The minimum Gasteiger partial charge on any atom is -0.339 e. The number of amides is 1. The highest BCUT2D eigenvalue weighted by atomic mass is 32.2. The maximum atomic E-state index is 13.1. The molecule has 28 heavy (non-hydrogen) atoms. The number of aromatic nitrogens is 1. The van der Waals surface area contributed by atoms with Crippen molar-refractivity contribution in [3.8, 4) is 0 Å². The van der Waals surface area contributed by atoms with Crippen LogP contribution in [0, 0.1) is 12.7 Å². The van der Waals surface area contributed by atoms with E-state index in [1.807, 2.05) is 19.1 Å². The Morgan fingerprint density at radius 3 is 2.50 bits per heavy atom. The van der Waals surface area contributed by atoms with Crippen molar-refractivity contribution >= 4 is 37.3 Å². The number of carbonyl (C=O) groups is 1. The molecular formula is C20H19FN2O3S2. The SMILES string of the molecule is Cc1nc2ccc(C(=O)N3CCC(S(=O)(=O)c4ccc(F)cc4)CC3)cc2s1. The maximum Gasteiger partial charge on any atom is 0.253 e. The molecule has 5 nitrogen and oxygen atoms in total. The zero-order chi connectivity index (χ0) is 19.9. The second-order valence-electron chi connectivity index (χ2n) is 6.91. The third-order valence-corrected chi connectivity index (χ3v) is 8.26. The number of halogens is 1. The zero-order valence-corrected chi connectivity index (χ0v) is 16.9. The lowest BCUT2D eigenvalue weighted by Crippen LogP contribution is -2.42. The predicted molar refractivity (Wildman–Crippen MR) is 107 cm³/mol. The summed E-state index contributed by atoms with van der Waals surface area (Å²) in [6, 6.07) is 10.4. The summed E-state index contributed by atoms with van der Waals surface area (Å²) in [5.74, 6) is -0.557. The Morgan fingerprint density at radius 1 is 1.14 bits per heavy atom. The van der Waals surface area contributed by atoms with Gasteiger partial charge in [-0.05, 0) is 62.2 Å². The second-order valence-corrected chi connectivity index (χ2v) is 10.4. The van der Waals surface area contributed by atoms with Crippen LogP contribution in [0.3, 0.4) is 0 Å². The summed E-state index contributed by atoms with van der Waals surface area (Å²) in [6.07, 6.45) is 0.737. The number of nitrogens with zero attached hydrogens (tertiary/aromatic N) is 2. The van der Waals surface area contributed by atoms with Crippen molar-refractivity contribution in [3.05, 3.63) is 58.9 Å². The number of carbonyl (C=O) groups excluding carboxylic acids is 1. The van der Waals surface area contributed by atoms with Gasteiger partial charge < -0.3 is 4.90 Å². The van der Waals surface area contributed by atoms with E-state index in [4.69, 9.17) is 0 Å². The van der Waals surface area contributed by atoms with Crippen LogP contribution >= 0.6 is 11.3 Å². The van der Waals surface area contributed by atoms with Crippen molar-refractivity contribution in [3.63, 3.8) is 0 Å². The van der Waals surface area contributed by atoms with Crippen molar-refractivity contribution in [1.82, 2.24) is 9.88 Å². The lowest BCUT2D eigenvalue weighted by molar-refractivity contribution is 0.0726. The molecule has 0 unspecified atom stereocenters. The fraction of sp³-hybridized carbons (Fsp3) is 0.300. The third-order valence-electron chi connectivity index (χ3n) is 5.05. The molecule has 0 saturated carbocycles. The summed E-state index contributed by atoms with van der Waals surface area (Å²) in [6.45, 7) is 2.69. The van der Waals surface area contributed by atoms with Crippen LogP contribution in [0.4, 0.5) is 4.39 Å². The number of benzene rings is 2. The maximum absolute atomic E-state index is 13.1. The van der Waals surface area contributed by atoms with Gasteiger partial charge in [0, 0.05) is 18.7 Å². The smallest absolute Gasteiger partial charge is 0.253 e. The van der Waals surface area contributed by atoms with Crippen LogP contribution in [0.15, 0.2) is 47.4 Å². The van der Waals surface area contributed by atoms with E-state index in [1.165, 1.54) is 12.1 Å². The molecule has 1 saturated heterocycles. The van der Waals surface area contributed by atoms with Crippen LogP contribution in [-0.4, -0.2) is 42.5 Å². The molecule has 1 amide bonds. The van der Waals surface area contributed by atoms with E-state index in [2.05, 4.69) is 4.98 Å². The van der Waals surface area contributed by atoms with Gasteiger partial charge in [0.2, 0.25) is 0 Å². The Morgan fingerprint density at radius 2 is 1.82 bits per heavy atom. The van der Waals surface area contributed by atoms with Gasteiger partial charge in [0.1, 0.15) is 5.82 Å². The molecule has 0 atom stereocenters. The third kappa shape index (κ3) is 3.54. The van der Waals surface area contributed by atoms with Gasteiger partial charge >= 0.3 is 0 Å². The molecular weight excluding hydrogens is 399 g/mol. The molecule has 0 N–H and O–H groups in total. The monoisotopic (exact) mass is 418 g/mol. The summed E-state index contributed by atoms with van der Waals surface area (Å²) < 4.78 is 39.6. The summed E-state index contributed by atoms with van der Waals surface area (Å²) in [7, 11) is -3.53. The number of rotatable bonds is 3. The molecule has 2 aromatic carbocycles. The molecule has 1 aliphatic heterocycles. The van der Waals surface area contributed by atoms with Gasteiger partial charge in [-0.1, -0.05) is 0 Å². The number of hydrogen-bond acceptors (Lipinski definition) is 5. The van der Waals surface area contributed by atoms with E-state index in [1.54, 1.807) is 22.3 Å². The van der Waals surface area contributed by atoms with Gasteiger partial charge in [0.05, 0.1) is 25.4 Å². The van der Waals surface area contributed by atoms with E-state index in [0.717, 1.165) is 27.4 Å². The number of likely N-dealkylation sites (tertiary alicyclic amines) is 1. The van der Waals surface area contributed by atoms with Gasteiger partial charge in [-0.15, -0.1) is 11.3 Å². The number of thiazole rings is 1. The number of fused-ring (bicyclic) bond motifs is 1. The fourth-order valence-electron chi connectivity index (χ4n) is 3.54. The standard InChI is InChI=1S/C20H19FN2O3S2/c1-13-22-18-7-2-14(12-19(18)27-13)20(24)23-10-8-17(9-11-23)28(25,26)16-5-3-15(21)4-6-16/h2-7,12,17H,8-11H2,1H3. The molecule has 8 heteroatoms. The van der Waals surface area contributed by atoms with Crippen LogP contribution in [0.2, 0.25) is 0 Å². The molecule has 2 heterocycles. The zero-order valence-electron chi connectivity index (χ0n) is 15.3. The second kappa shape index (κ2) is 7.25. The molecule has 1 aromatic heterocycles. The lowest BCUT2D eigenvalue weighted by atomic mass is 10.1. The molecule has 4 rings (SSSR count). The van der Waals surface area contributed by atoms with E-state index in [0.29, 0.717) is 31.5 Å². The minimum atomic E-state index is -3.53. The number of hydrogen-bond donors (Lipinski definition) is 0. The molecule has 0 bridgehead atoms. The van der Waals surface area contributed by atoms with Crippen molar-refractivity contribution in [2.24, 2.45) is 0 Å². The van der Waals surface area contributed by atoms with Crippen LogP contribution in [-0.2, 0) is 9.84 Å². The van der Waals surface area contributed by atoms with Gasteiger partial charge in [0.25, 0.3) is 5.91 Å². The quantitative estimate of drug-likeness (QED) is 0.607. The Balaban J connectivity index is 1.47. The van der Waals surface area contributed by atoms with Crippen LogP contribution in [0.25, 0.3) is 10.2 Å². The van der Waals surface area contributed by atoms with Crippen molar-refractivity contribution in [1.29, 1.82) is 0 Å². The molecule has 0 spiro atoms. The Labute approximate surface area is 166 Å². The first-order valence-corrected chi connectivity index (χ1v) is 11.4. The van der Waals surface area contributed by atoms with E-state index < -0.39 is 20.9 Å². The van der Waals surface area contributed by atoms with Gasteiger partial charge in [-0.2, -0.15) is 0 Å². The van der Waals surface area contributed by atoms with Crippen molar-refractivity contribution in [2.75, 3.05) is 13.1 Å². The highest BCUT2D eigenvalue weighted by Gasteiger charge is 2.33. The number of piperidine rings is 1. The average molecular weight is 419 g/mol. The Bertz CT molecular complexity index is 1130. The topological polar surface area (TPSA) is 67.3 Å². The van der Waals surface area contributed by atoms with Crippen LogP contribution in [0.5, 0.6) is 0 Å². The minimum absolute atomic E-state index is 0.0921. The first-order valence-electron chi connectivity index (χ1n) is 9.00. The average Bonchev–Trinajstić information content (AvgIpc) is 3.07. The summed E-state index contributed by atoms with van der Waals surface area (Å²) in [4.78, 5) is 19.1. The molecule has 1 aliphatic rings. The molecule has 0 radical (unpaired) electrons. The van der Waals surface area contributed by atoms with Crippen molar-refractivity contribution in [2.45, 2.75) is 29.9 Å². The van der Waals surface area contributed by atoms with Gasteiger partial charge in [0.15, 0.2) is 9.84 Å². The predicted octanol–water partition coefficient (Wildman–Crippen LogP) is 3.82.